The standard InChI is InChI=1S/C13H20N2/c1-13(9-5-8-12(13)14)10-15-11-6-3-2-4-7-11/h2-4,6-7,12,15H,5,8-10,14H2,1H3. The molecule has 1 fully saturated rings. The quantitative estimate of drug-likeness (QED) is 0.794. The van der Waals surface area contributed by atoms with Crippen LogP contribution >= 0.6 is 0 Å². The van der Waals surface area contributed by atoms with Gasteiger partial charge in [0.25, 0.3) is 0 Å². The van der Waals surface area contributed by atoms with Gasteiger partial charge in [-0.3, -0.25) is 0 Å². The van der Waals surface area contributed by atoms with Crippen LogP contribution in [-0.4, -0.2) is 12.6 Å². The van der Waals surface area contributed by atoms with Gasteiger partial charge in [0.1, 0.15) is 0 Å². The minimum atomic E-state index is 0.274. The zero-order valence-electron chi connectivity index (χ0n) is 9.37. The van der Waals surface area contributed by atoms with Gasteiger partial charge < -0.3 is 11.1 Å². The second kappa shape index (κ2) is 4.23. The lowest BCUT2D eigenvalue weighted by molar-refractivity contribution is 0.316. The van der Waals surface area contributed by atoms with Gasteiger partial charge in [-0.05, 0) is 30.4 Å². The van der Waals surface area contributed by atoms with Crippen molar-refractivity contribution in [2.45, 2.75) is 32.2 Å². The highest BCUT2D eigenvalue weighted by atomic mass is 14.9. The number of nitrogens with one attached hydrogen (secondary N) is 1. The van der Waals surface area contributed by atoms with Crippen LogP contribution in [0.4, 0.5) is 5.69 Å². The van der Waals surface area contributed by atoms with Crippen molar-refractivity contribution >= 4 is 5.69 Å². The maximum Gasteiger partial charge on any atom is 0.0340 e. The highest BCUT2D eigenvalue weighted by Gasteiger charge is 2.35. The van der Waals surface area contributed by atoms with Gasteiger partial charge in [0.15, 0.2) is 0 Å². The van der Waals surface area contributed by atoms with Crippen LogP contribution in [0.2, 0.25) is 0 Å². The Morgan fingerprint density at radius 1 is 1.40 bits per heavy atom. The first-order chi connectivity index (χ1) is 7.21. The van der Waals surface area contributed by atoms with Gasteiger partial charge in [0, 0.05) is 18.3 Å². The van der Waals surface area contributed by atoms with Gasteiger partial charge in [-0.2, -0.15) is 0 Å². The monoisotopic (exact) mass is 204 g/mol. The summed E-state index contributed by atoms with van der Waals surface area (Å²) in [5.74, 6) is 0. The summed E-state index contributed by atoms with van der Waals surface area (Å²) < 4.78 is 0. The Hall–Kier alpha value is -1.02. The summed E-state index contributed by atoms with van der Waals surface area (Å²) in [7, 11) is 0. The predicted octanol–water partition coefficient (Wildman–Crippen LogP) is 2.62. The molecule has 2 heteroatoms. The number of hydrogen-bond acceptors (Lipinski definition) is 2. The molecule has 2 rings (SSSR count). The Labute approximate surface area is 91.9 Å². The van der Waals surface area contributed by atoms with Crippen LogP contribution in [0.3, 0.4) is 0 Å². The van der Waals surface area contributed by atoms with Crippen molar-refractivity contribution in [1.82, 2.24) is 0 Å². The summed E-state index contributed by atoms with van der Waals surface area (Å²) in [5, 5.41) is 3.48. The maximum absolute atomic E-state index is 6.14. The van der Waals surface area contributed by atoms with Crippen LogP contribution in [0.5, 0.6) is 0 Å². The lowest BCUT2D eigenvalue weighted by atomic mass is 9.85. The fourth-order valence-electron chi connectivity index (χ4n) is 2.34. The minimum Gasteiger partial charge on any atom is -0.384 e. The number of nitrogens with two attached hydrogens (primary N) is 1. The number of anilines is 1. The molecule has 2 unspecified atom stereocenters. The van der Waals surface area contributed by atoms with Gasteiger partial charge in [-0.1, -0.05) is 31.5 Å². The SMILES string of the molecule is CC1(CNc2ccccc2)CCCC1N. The number of para-hydroxylation sites is 1. The summed E-state index contributed by atoms with van der Waals surface area (Å²) in [5.41, 5.74) is 7.60. The zero-order valence-corrected chi connectivity index (χ0v) is 9.37. The second-order valence-electron chi connectivity index (χ2n) is 4.87. The molecule has 1 aromatic carbocycles. The number of hydrogen-bond donors (Lipinski definition) is 2. The van der Waals surface area contributed by atoms with Gasteiger partial charge >= 0.3 is 0 Å². The van der Waals surface area contributed by atoms with Crippen molar-refractivity contribution in [1.29, 1.82) is 0 Å². The predicted molar refractivity (Wildman–Crippen MR) is 64.9 cm³/mol. The lowest BCUT2D eigenvalue weighted by Gasteiger charge is -2.29. The van der Waals surface area contributed by atoms with Crippen molar-refractivity contribution in [2.24, 2.45) is 11.1 Å². The lowest BCUT2D eigenvalue weighted by Crippen LogP contribution is -2.39. The molecule has 1 aromatic rings. The Morgan fingerprint density at radius 3 is 2.73 bits per heavy atom. The van der Waals surface area contributed by atoms with Crippen LogP contribution in [0.15, 0.2) is 30.3 Å². The van der Waals surface area contributed by atoms with Crippen LogP contribution in [0.1, 0.15) is 26.2 Å². The van der Waals surface area contributed by atoms with Crippen LogP contribution in [0, 0.1) is 5.41 Å². The first-order valence-electron chi connectivity index (χ1n) is 5.75. The molecule has 0 aliphatic heterocycles. The highest BCUT2D eigenvalue weighted by Crippen LogP contribution is 2.36. The highest BCUT2D eigenvalue weighted by molar-refractivity contribution is 5.42. The van der Waals surface area contributed by atoms with Gasteiger partial charge in [0.2, 0.25) is 0 Å². The van der Waals surface area contributed by atoms with Crippen molar-refractivity contribution in [3.63, 3.8) is 0 Å². The molecule has 1 saturated carbocycles. The molecule has 82 valence electrons. The fraction of sp³-hybridized carbons (Fsp3) is 0.538. The Balaban J connectivity index is 1.93. The number of benzene rings is 1. The molecule has 0 radical (unpaired) electrons. The Kier molecular flexibility index (Phi) is 2.96. The summed E-state index contributed by atoms with van der Waals surface area (Å²) in [4.78, 5) is 0. The van der Waals surface area contributed by atoms with E-state index < -0.39 is 0 Å². The van der Waals surface area contributed by atoms with E-state index in [1.165, 1.54) is 24.9 Å². The van der Waals surface area contributed by atoms with E-state index in [2.05, 4.69) is 36.5 Å². The van der Waals surface area contributed by atoms with E-state index in [4.69, 9.17) is 5.73 Å². The molecule has 2 nitrogen and oxygen atoms in total. The molecule has 0 amide bonds. The summed E-state index contributed by atoms with van der Waals surface area (Å²) in [6, 6.07) is 10.7. The molecule has 2 atom stereocenters. The first kappa shape index (κ1) is 10.5. The third kappa shape index (κ3) is 2.32. The average molecular weight is 204 g/mol. The normalized spacial score (nSPS) is 30.4. The van der Waals surface area contributed by atoms with Crippen LogP contribution in [-0.2, 0) is 0 Å². The minimum absolute atomic E-state index is 0.274. The topological polar surface area (TPSA) is 38.0 Å². The molecular weight excluding hydrogens is 184 g/mol. The van der Waals surface area contributed by atoms with Crippen molar-refractivity contribution in [3.8, 4) is 0 Å². The van der Waals surface area contributed by atoms with Crippen molar-refractivity contribution in [3.05, 3.63) is 30.3 Å². The molecule has 0 spiro atoms. The van der Waals surface area contributed by atoms with Crippen molar-refractivity contribution in [2.75, 3.05) is 11.9 Å². The Bertz CT molecular complexity index is 310. The third-order valence-electron chi connectivity index (χ3n) is 3.63. The molecule has 1 aliphatic rings. The second-order valence-corrected chi connectivity index (χ2v) is 4.87. The molecule has 15 heavy (non-hydrogen) atoms. The smallest absolute Gasteiger partial charge is 0.0340 e. The van der Waals surface area contributed by atoms with E-state index in [-0.39, 0.29) is 5.41 Å². The van der Waals surface area contributed by atoms with Gasteiger partial charge in [-0.25, -0.2) is 0 Å². The van der Waals surface area contributed by atoms with E-state index in [1.807, 2.05) is 6.07 Å². The molecule has 0 aromatic heterocycles. The number of rotatable bonds is 3. The van der Waals surface area contributed by atoms with Crippen molar-refractivity contribution < 1.29 is 0 Å². The molecule has 3 N–H and O–H groups in total. The first-order valence-corrected chi connectivity index (χ1v) is 5.75. The summed E-state index contributed by atoms with van der Waals surface area (Å²) >= 11 is 0. The van der Waals surface area contributed by atoms with E-state index in [9.17, 15) is 0 Å². The third-order valence-corrected chi connectivity index (χ3v) is 3.63. The van der Waals surface area contributed by atoms with E-state index in [0.29, 0.717) is 6.04 Å². The van der Waals surface area contributed by atoms with E-state index in [0.717, 1.165) is 6.54 Å². The Morgan fingerprint density at radius 2 is 2.13 bits per heavy atom. The average Bonchev–Trinajstić information content (AvgIpc) is 2.59. The largest absolute Gasteiger partial charge is 0.384 e. The molecule has 0 saturated heterocycles. The summed E-state index contributed by atoms with van der Waals surface area (Å²) in [6.07, 6.45) is 3.69. The maximum atomic E-state index is 6.14. The molecular formula is C13H20N2. The summed E-state index contributed by atoms with van der Waals surface area (Å²) in [6.45, 7) is 3.28. The fourth-order valence-corrected chi connectivity index (χ4v) is 2.34. The van der Waals surface area contributed by atoms with Crippen LogP contribution < -0.4 is 11.1 Å². The molecule has 1 aliphatic carbocycles. The van der Waals surface area contributed by atoms with Crippen LogP contribution in [0.25, 0.3) is 0 Å². The molecule has 0 heterocycles. The van der Waals surface area contributed by atoms with E-state index >= 15 is 0 Å². The van der Waals surface area contributed by atoms with E-state index in [1.54, 1.807) is 0 Å². The molecule has 0 bridgehead atoms. The van der Waals surface area contributed by atoms with Gasteiger partial charge in [0.05, 0.1) is 0 Å². The zero-order chi connectivity index (χ0) is 10.7. The van der Waals surface area contributed by atoms with Gasteiger partial charge in [-0.15, -0.1) is 0 Å².